The molecule has 0 aromatic rings. The van der Waals surface area contributed by atoms with Gasteiger partial charge in [-0.05, 0) is 25.7 Å². The predicted octanol–water partition coefficient (Wildman–Crippen LogP) is 5.21. The van der Waals surface area contributed by atoms with Crippen LogP contribution in [0.3, 0.4) is 0 Å². The second-order valence-electron chi connectivity index (χ2n) is 6.43. The van der Waals surface area contributed by atoms with Gasteiger partial charge in [-0.1, -0.05) is 89.9 Å². The molecule has 22 heavy (non-hydrogen) atoms. The van der Waals surface area contributed by atoms with E-state index in [9.17, 15) is 10.2 Å². The molecule has 0 aromatic carbocycles. The Kier molecular flexibility index (Phi) is 16.4. The molecule has 2 atom stereocenters. The van der Waals surface area contributed by atoms with Gasteiger partial charge >= 0.3 is 0 Å². The quantitative estimate of drug-likeness (QED) is 0.341. The lowest BCUT2D eigenvalue weighted by Crippen LogP contribution is -2.07. The van der Waals surface area contributed by atoms with Gasteiger partial charge in [-0.2, -0.15) is 0 Å². The minimum atomic E-state index is -0.564. The van der Waals surface area contributed by atoms with E-state index in [0.717, 1.165) is 25.7 Å². The van der Waals surface area contributed by atoms with Crippen molar-refractivity contribution >= 4 is 0 Å². The Balaban J connectivity index is 3.52. The maximum Gasteiger partial charge on any atom is 0.114 e. The van der Waals surface area contributed by atoms with Crippen molar-refractivity contribution < 1.29 is 10.2 Å². The molecule has 0 spiro atoms. The van der Waals surface area contributed by atoms with Crippen molar-refractivity contribution in [2.45, 2.75) is 116 Å². The highest BCUT2D eigenvalue weighted by molar-refractivity contribution is 5.08. The first-order chi connectivity index (χ1) is 10.7. The monoisotopic (exact) mass is 310 g/mol. The number of rotatable bonds is 14. The fraction of sp³-hybridized carbons (Fsp3) is 0.900. The summed E-state index contributed by atoms with van der Waals surface area (Å²) in [6.07, 6.45) is 15.1. The van der Waals surface area contributed by atoms with E-state index in [1.54, 1.807) is 0 Å². The summed E-state index contributed by atoms with van der Waals surface area (Å²) >= 11 is 0. The average molecular weight is 311 g/mol. The van der Waals surface area contributed by atoms with E-state index in [2.05, 4.69) is 25.7 Å². The highest BCUT2D eigenvalue weighted by Gasteiger charge is 2.02. The maximum atomic E-state index is 9.78. The van der Waals surface area contributed by atoms with Gasteiger partial charge in [-0.3, -0.25) is 0 Å². The summed E-state index contributed by atoms with van der Waals surface area (Å²) in [5.74, 6) is 5.60. The smallest absolute Gasteiger partial charge is 0.114 e. The number of aliphatic hydroxyl groups excluding tert-OH is 2. The van der Waals surface area contributed by atoms with Crippen LogP contribution in [0.25, 0.3) is 0 Å². The molecule has 0 rings (SSSR count). The standard InChI is InChI=1S/C20H38O2/c1-3-5-7-9-11-13-15-19(21)17-18-20(22)16-14-12-10-8-6-4-2/h19-22H,3-16H2,1-2H3/t19-,20-/m0/s1. The first kappa shape index (κ1) is 21.5. The van der Waals surface area contributed by atoms with Gasteiger partial charge in [0.05, 0.1) is 0 Å². The fourth-order valence-corrected chi connectivity index (χ4v) is 2.57. The number of unbranched alkanes of at least 4 members (excludes halogenated alkanes) is 10. The van der Waals surface area contributed by atoms with Crippen LogP contribution < -0.4 is 0 Å². The highest BCUT2D eigenvalue weighted by atomic mass is 16.3. The van der Waals surface area contributed by atoms with Crippen LogP contribution in [0.2, 0.25) is 0 Å². The summed E-state index contributed by atoms with van der Waals surface area (Å²) in [5.41, 5.74) is 0. The maximum absolute atomic E-state index is 9.78. The molecule has 0 aliphatic carbocycles. The fourth-order valence-electron chi connectivity index (χ4n) is 2.57. The second kappa shape index (κ2) is 16.8. The molecule has 0 heterocycles. The minimum Gasteiger partial charge on any atom is -0.380 e. The van der Waals surface area contributed by atoms with E-state index in [0.29, 0.717) is 0 Å². The summed E-state index contributed by atoms with van der Waals surface area (Å²) in [6.45, 7) is 4.44. The molecule has 0 fully saturated rings. The van der Waals surface area contributed by atoms with Crippen LogP contribution in [0.4, 0.5) is 0 Å². The molecule has 2 nitrogen and oxygen atoms in total. The third-order valence-electron chi connectivity index (χ3n) is 4.08. The lowest BCUT2D eigenvalue weighted by Gasteiger charge is -2.05. The first-order valence-electron chi connectivity index (χ1n) is 9.57. The van der Waals surface area contributed by atoms with Crippen molar-refractivity contribution in [2.75, 3.05) is 0 Å². The summed E-state index contributed by atoms with van der Waals surface area (Å²) < 4.78 is 0. The average Bonchev–Trinajstić information content (AvgIpc) is 2.52. The van der Waals surface area contributed by atoms with E-state index in [1.165, 1.54) is 64.2 Å². The topological polar surface area (TPSA) is 40.5 Å². The SMILES string of the molecule is CCCCCCCC[C@H](O)C#C[C@@H](O)CCCCCCCC. The molecule has 0 saturated carbocycles. The van der Waals surface area contributed by atoms with Gasteiger partial charge < -0.3 is 10.2 Å². The number of hydrogen-bond donors (Lipinski definition) is 2. The Morgan fingerprint density at radius 2 is 0.864 bits per heavy atom. The van der Waals surface area contributed by atoms with Gasteiger partial charge in [-0.15, -0.1) is 0 Å². The predicted molar refractivity (Wildman–Crippen MR) is 95.8 cm³/mol. The van der Waals surface area contributed by atoms with E-state index in [1.807, 2.05) is 0 Å². The van der Waals surface area contributed by atoms with Crippen molar-refractivity contribution in [3.8, 4) is 11.8 Å². The molecule has 0 saturated heterocycles. The molecular weight excluding hydrogens is 272 g/mol. The van der Waals surface area contributed by atoms with Gasteiger partial charge in [0.1, 0.15) is 12.2 Å². The van der Waals surface area contributed by atoms with Crippen LogP contribution in [0.1, 0.15) is 104 Å². The Bertz CT molecular complexity index is 251. The third-order valence-corrected chi connectivity index (χ3v) is 4.08. The van der Waals surface area contributed by atoms with Crippen LogP contribution in [0.15, 0.2) is 0 Å². The minimum absolute atomic E-state index is 0.564. The zero-order valence-corrected chi connectivity index (χ0v) is 14.9. The van der Waals surface area contributed by atoms with Crippen molar-refractivity contribution in [1.82, 2.24) is 0 Å². The molecule has 0 radical (unpaired) electrons. The Morgan fingerprint density at radius 1 is 0.545 bits per heavy atom. The second-order valence-corrected chi connectivity index (χ2v) is 6.43. The molecule has 0 aliphatic rings. The molecule has 0 aromatic heterocycles. The largest absolute Gasteiger partial charge is 0.380 e. The van der Waals surface area contributed by atoms with E-state index < -0.39 is 12.2 Å². The molecule has 0 bridgehead atoms. The van der Waals surface area contributed by atoms with Crippen LogP contribution in [0, 0.1) is 11.8 Å². The van der Waals surface area contributed by atoms with Gasteiger partial charge in [0.2, 0.25) is 0 Å². The summed E-state index contributed by atoms with van der Waals surface area (Å²) in [5, 5.41) is 19.6. The summed E-state index contributed by atoms with van der Waals surface area (Å²) in [6, 6.07) is 0. The van der Waals surface area contributed by atoms with Crippen LogP contribution in [-0.4, -0.2) is 22.4 Å². The molecule has 0 aliphatic heterocycles. The normalized spacial score (nSPS) is 13.5. The van der Waals surface area contributed by atoms with Crippen molar-refractivity contribution in [2.24, 2.45) is 0 Å². The van der Waals surface area contributed by atoms with Gasteiger partial charge in [-0.25, -0.2) is 0 Å². The Labute approximate surface area is 138 Å². The summed E-state index contributed by atoms with van der Waals surface area (Å²) in [4.78, 5) is 0. The zero-order chi connectivity index (χ0) is 16.5. The third kappa shape index (κ3) is 15.9. The molecule has 130 valence electrons. The lowest BCUT2D eigenvalue weighted by atomic mass is 10.1. The van der Waals surface area contributed by atoms with Crippen molar-refractivity contribution in [3.05, 3.63) is 0 Å². The van der Waals surface area contributed by atoms with E-state index >= 15 is 0 Å². The molecular formula is C20H38O2. The lowest BCUT2D eigenvalue weighted by molar-refractivity contribution is 0.207. The van der Waals surface area contributed by atoms with Gasteiger partial charge in [0.15, 0.2) is 0 Å². The summed E-state index contributed by atoms with van der Waals surface area (Å²) in [7, 11) is 0. The van der Waals surface area contributed by atoms with E-state index in [-0.39, 0.29) is 0 Å². The molecule has 0 amide bonds. The first-order valence-corrected chi connectivity index (χ1v) is 9.57. The van der Waals surface area contributed by atoms with Gasteiger partial charge in [0.25, 0.3) is 0 Å². The number of aliphatic hydroxyl groups is 2. The molecule has 2 N–H and O–H groups in total. The molecule has 2 heteroatoms. The Hall–Kier alpha value is -0.520. The van der Waals surface area contributed by atoms with Crippen LogP contribution in [-0.2, 0) is 0 Å². The van der Waals surface area contributed by atoms with Crippen molar-refractivity contribution in [1.29, 1.82) is 0 Å². The van der Waals surface area contributed by atoms with Crippen molar-refractivity contribution in [3.63, 3.8) is 0 Å². The highest BCUT2D eigenvalue weighted by Crippen LogP contribution is 2.10. The zero-order valence-electron chi connectivity index (χ0n) is 14.9. The van der Waals surface area contributed by atoms with Gasteiger partial charge in [0, 0.05) is 0 Å². The Morgan fingerprint density at radius 3 is 1.23 bits per heavy atom. The van der Waals surface area contributed by atoms with Crippen LogP contribution >= 0.6 is 0 Å². The number of hydrogen-bond acceptors (Lipinski definition) is 2. The molecule has 0 unspecified atom stereocenters. The van der Waals surface area contributed by atoms with Crippen LogP contribution in [0.5, 0.6) is 0 Å². The van der Waals surface area contributed by atoms with E-state index in [4.69, 9.17) is 0 Å².